The van der Waals surface area contributed by atoms with E-state index in [-0.39, 0.29) is 35.8 Å². The first kappa shape index (κ1) is 26.3. The number of rotatable bonds is 7. The van der Waals surface area contributed by atoms with Gasteiger partial charge in [-0.2, -0.15) is 0 Å². The van der Waals surface area contributed by atoms with E-state index in [1.165, 1.54) is 22.2 Å². The number of hydrogen-bond acceptors (Lipinski definition) is 5. The van der Waals surface area contributed by atoms with Gasteiger partial charge in [0, 0.05) is 11.4 Å². The third-order valence-corrected chi connectivity index (χ3v) is 7.67. The van der Waals surface area contributed by atoms with Crippen molar-refractivity contribution in [1.82, 2.24) is 9.55 Å². The van der Waals surface area contributed by atoms with Crippen LogP contribution in [-0.2, 0) is 11.3 Å². The highest BCUT2D eigenvalue weighted by atomic mass is 32.1. The predicted octanol–water partition coefficient (Wildman–Crippen LogP) is 6.21. The van der Waals surface area contributed by atoms with Crippen molar-refractivity contribution in [3.63, 3.8) is 0 Å². The second-order valence-electron chi connectivity index (χ2n) is 9.85. The van der Waals surface area contributed by atoms with Crippen LogP contribution in [0.3, 0.4) is 0 Å². The molecule has 2 N–H and O–H groups in total. The molecule has 2 aromatic carbocycles. The van der Waals surface area contributed by atoms with E-state index in [1.54, 1.807) is 6.92 Å². The summed E-state index contributed by atoms with van der Waals surface area (Å²) in [5.41, 5.74) is 4.80. The zero-order valence-corrected chi connectivity index (χ0v) is 22.8. The normalized spacial score (nSPS) is 11.4. The number of aryl methyl sites for hydroxylation is 2. The van der Waals surface area contributed by atoms with E-state index in [9.17, 15) is 14.4 Å². The third kappa shape index (κ3) is 5.34. The van der Waals surface area contributed by atoms with Crippen LogP contribution < -0.4 is 16.2 Å². The third-order valence-electron chi connectivity index (χ3n) is 6.47. The van der Waals surface area contributed by atoms with Crippen LogP contribution in [0.2, 0.25) is 0 Å². The number of para-hydroxylation sites is 2. The molecule has 2 heterocycles. The Bertz CT molecular complexity index is 1520. The lowest BCUT2D eigenvalue weighted by molar-refractivity contribution is -0.116. The summed E-state index contributed by atoms with van der Waals surface area (Å²) in [5.74, 6) is -0.131. The highest BCUT2D eigenvalue weighted by Crippen LogP contribution is 2.32. The van der Waals surface area contributed by atoms with Gasteiger partial charge in [0.1, 0.15) is 11.4 Å². The Balaban J connectivity index is 1.62. The monoisotopic (exact) mass is 516 g/mol. The number of amides is 2. The quantitative estimate of drug-likeness (QED) is 0.305. The molecule has 0 spiro atoms. The van der Waals surface area contributed by atoms with Crippen LogP contribution in [-0.4, -0.2) is 21.4 Å². The number of fused-ring (bicyclic) bond motifs is 1. The minimum absolute atomic E-state index is 0.175. The first-order valence-corrected chi connectivity index (χ1v) is 13.2. The molecule has 0 unspecified atom stereocenters. The van der Waals surface area contributed by atoms with Crippen molar-refractivity contribution in [2.45, 2.75) is 59.9 Å². The number of anilines is 2. The van der Waals surface area contributed by atoms with E-state index in [4.69, 9.17) is 0 Å². The number of hydrogen-bond donors (Lipinski definition) is 2. The zero-order valence-electron chi connectivity index (χ0n) is 22.0. The van der Waals surface area contributed by atoms with Gasteiger partial charge in [-0.1, -0.05) is 64.1 Å². The molecule has 0 bridgehead atoms. The van der Waals surface area contributed by atoms with Gasteiger partial charge in [-0.25, -0.2) is 4.98 Å². The molecule has 7 nitrogen and oxygen atoms in total. The van der Waals surface area contributed by atoms with Crippen molar-refractivity contribution in [2.75, 3.05) is 10.6 Å². The molecule has 0 aliphatic carbocycles. The van der Waals surface area contributed by atoms with Crippen LogP contribution >= 0.6 is 11.3 Å². The highest BCUT2D eigenvalue weighted by molar-refractivity contribution is 7.20. The number of carbonyl (C=O) groups is 2. The molecular weight excluding hydrogens is 484 g/mol. The lowest BCUT2D eigenvalue weighted by atomic mass is 9.92. The summed E-state index contributed by atoms with van der Waals surface area (Å²) in [6.45, 7) is 11.8. The standard InChI is InChI=1S/C29H32N4O3S/c1-16(2)20-11-9-12-21(17(3)4)25(20)32-23(34)14-33-15-30-28-24(29(33)36)19(6)26(37-28)27(35)31-22-13-8-7-10-18(22)5/h7-13,15-17H,14H2,1-6H3,(H,31,35)(H,32,34). The number of thiophene rings is 1. The summed E-state index contributed by atoms with van der Waals surface area (Å²) in [4.78, 5) is 44.8. The summed E-state index contributed by atoms with van der Waals surface area (Å²) < 4.78 is 1.30. The first-order valence-electron chi connectivity index (χ1n) is 12.4. The zero-order chi connectivity index (χ0) is 26.9. The lowest BCUT2D eigenvalue weighted by Crippen LogP contribution is -2.28. The topological polar surface area (TPSA) is 93.1 Å². The number of benzene rings is 2. The number of nitrogens with one attached hydrogen (secondary N) is 2. The summed E-state index contributed by atoms with van der Waals surface area (Å²) in [7, 11) is 0. The minimum atomic E-state index is -0.343. The van der Waals surface area contributed by atoms with Crippen molar-refractivity contribution in [1.29, 1.82) is 0 Å². The number of carbonyl (C=O) groups excluding carboxylic acids is 2. The van der Waals surface area contributed by atoms with Crippen molar-refractivity contribution in [2.24, 2.45) is 0 Å². The molecule has 0 saturated carbocycles. The summed E-state index contributed by atoms with van der Waals surface area (Å²) >= 11 is 1.17. The molecule has 0 atom stereocenters. The van der Waals surface area contributed by atoms with E-state index in [0.29, 0.717) is 26.3 Å². The van der Waals surface area contributed by atoms with Crippen LogP contribution in [0.4, 0.5) is 11.4 Å². The van der Waals surface area contributed by atoms with E-state index in [2.05, 4.69) is 43.3 Å². The Labute approximate surface area is 220 Å². The summed E-state index contributed by atoms with van der Waals surface area (Å²) in [6.07, 6.45) is 1.38. The maximum absolute atomic E-state index is 13.4. The average molecular weight is 517 g/mol. The Hall–Kier alpha value is -3.78. The van der Waals surface area contributed by atoms with Crippen molar-refractivity contribution < 1.29 is 9.59 Å². The molecule has 2 aromatic heterocycles. The second-order valence-corrected chi connectivity index (χ2v) is 10.9. The van der Waals surface area contributed by atoms with E-state index in [0.717, 1.165) is 22.4 Å². The van der Waals surface area contributed by atoms with Crippen LogP contribution in [0.15, 0.2) is 53.6 Å². The number of aromatic nitrogens is 2. The number of nitrogens with zero attached hydrogens (tertiary/aromatic N) is 2. The molecule has 0 fully saturated rings. The molecule has 4 aromatic rings. The summed E-state index contributed by atoms with van der Waals surface area (Å²) in [5, 5.41) is 6.33. The van der Waals surface area contributed by atoms with Crippen molar-refractivity contribution in [3.8, 4) is 0 Å². The van der Waals surface area contributed by atoms with Gasteiger partial charge >= 0.3 is 0 Å². The van der Waals surface area contributed by atoms with Gasteiger partial charge < -0.3 is 10.6 Å². The van der Waals surface area contributed by atoms with Crippen LogP contribution in [0.5, 0.6) is 0 Å². The first-order chi connectivity index (χ1) is 17.6. The van der Waals surface area contributed by atoms with Crippen LogP contribution in [0.1, 0.15) is 71.5 Å². The SMILES string of the molecule is Cc1ccccc1NC(=O)c1sc2ncn(CC(=O)Nc3c(C(C)C)cccc3C(C)C)c(=O)c2c1C. The van der Waals surface area contributed by atoms with Crippen LogP contribution in [0.25, 0.3) is 10.2 Å². The molecule has 0 saturated heterocycles. The Morgan fingerprint density at radius 3 is 2.22 bits per heavy atom. The lowest BCUT2D eigenvalue weighted by Gasteiger charge is -2.20. The van der Waals surface area contributed by atoms with Gasteiger partial charge in [-0.05, 0) is 54.0 Å². The molecular formula is C29H32N4O3S. The molecule has 4 rings (SSSR count). The molecule has 0 aliphatic heterocycles. The van der Waals surface area contributed by atoms with E-state index in [1.807, 2.05) is 49.4 Å². The van der Waals surface area contributed by atoms with Crippen LogP contribution in [0, 0.1) is 13.8 Å². The minimum Gasteiger partial charge on any atom is -0.324 e. The van der Waals surface area contributed by atoms with E-state index >= 15 is 0 Å². The Morgan fingerprint density at radius 2 is 1.59 bits per heavy atom. The highest BCUT2D eigenvalue weighted by Gasteiger charge is 2.21. The van der Waals surface area contributed by atoms with Gasteiger partial charge in [-0.3, -0.25) is 19.0 Å². The Morgan fingerprint density at radius 1 is 0.946 bits per heavy atom. The maximum Gasteiger partial charge on any atom is 0.266 e. The maximum atomic E-state index is 13.4. The molecule has 37 heavy (non-hydrogen) atoms. The van der Waals surface area contributed by atoms with Gasteiger partial charge in [0.15, 0.2) is 0 Å². The van der Waals surface area contributed by atoms with Gasteiger partial charge in [-0.15, -0.1) is 11.3 Å². The fraction of sp³-hybridized carbons (Fsp3) is 0.310. The van der Waals surface area contributed by atoms with E-state index < -0.39 is 0 Å². The second kappa shape index (κ2) is 10.7. The smallest absolute Gasteiger partial charge is 0.266 e. The van der Waals surface area contributed by atoms with Gasteiger partial charge in [0.25, 0.3) is 11.5 Å². The molecule has 2 amide bonds. The summed E-state index contributed by atoms with van der Waals surface area (Å²) in [6, 6.07) is 13.6. The average Bonchev–Trinajstić information content (AvgIpc) is 3.19. The molecule has 8 heteroatoms. The molecule has 192 valence electrons. The van der Waals surface area contributed by atoms with Crippen molar-refractivity contribution in [3.05, 3.63) is 86.3 Å². The largest absolute Gasteiger partial charge is 0.324 e. The molecule has 0 radical (unpaired) electrons. The fourth-order valence-corrected chi connectivity index (χ4v) is 5.44. The van der Waals surface area contributed by atoms with Gasteiger partial charge in [0.2, 0.25) is 5.91 Å². The Kier molecular flexibility index (Phi) is 7.59. The molecule has 0 aliphatic rings. The fourth-order valence-electron chi connectivity index (χ4n) is 4.41. The van der Waals surface area contributed by atoms with Crippen molar-refractivity contribution >= 4 is 44.7 Å². The van der Waals surface area contributed by atoms with Gasteiger partial charge in [0.05, 0.1) is 16.6 Å². The predicted molar refractivity (Wildman–Crippen MR) is 151 cm³/mol.